The molecule has 1 aliphatic heterocycles. The lowest BCUT2D eigenvalue weighted by Gasteiger charge is -2.19. The minimum Gasteiger partial charge on any atom is -0.387 e. The summed E-state index contributed by atoms with van der Waals surface area (Å²) in [6.45, 7) is -0.782. The zero-order valence-corrected chi connectivity index (χ0v) is 14.0. The molecule has 1 saturated heterocycles. The van der Waals surface area contributed by atoms with Crippen LogP contribution in [0.5, 0.6) is 0 Å². The summed E-state index contributed by atoms with van der Waals surface area (Å²) in [5, 5.41) is 19.7. The van der Waals surface area contributed by atoms with Crippen molar-refractivity contribution < 1.29 is 38.2 Å². The number of nitrogens with one attached hydrogen (secondary N) is 1. The molecule has 1 aliphatic rings. The van der Waals surface area contributed by atoms with E-state index in [-0.39, 0.29) is 0 Å². The molecular weight excluding hydrogens is 457 g/mol. The van der Waals surface area contributed by atoms with Gasteiger partial charge in [0.15, 0.2) is 6.23 Å². The number of hydrogen-bond donors (Lipinski definition) is 5. The molecule has 0 bridgehead atoms. The smallest absolute Gasteiger partial charge is 0.387 e. The van der Waals surface area contributed by atoms with E-state index in [2.05, 4.69) is 4.52 Å². The second kappa shape index (κ2) is 6.68. The summed E-state index contributed by atoms with van der Waals surface area (Å²) >= 11 is 1.34. The molecule has 0 aliphatic carbocycles. The molecule has 11 nitrogen and oxygen atoms in total. The predicted molar refractivity (Wildman–Crippen MR) is 77.9 cm³/mol. The first-order valence-electron chi connectivity index (χ1n) is 5.94. The van der Waals surface area contributed by atoms with Crippen molar-refractivity contribution in [2.24, 2.45) is 0 Å². The number of nitrogens with zero attached hydrogens (tertiary/aromatic N) is 1. The van der Waals surface area contributed by atoms with E-state index in [1.165, 1.54) is 22.6 Å². The number of H-pyrrole nitrogens is 1. The van der Waals surface area contributed by atoms with E-state index in [0.29, 0.717) is 4.57 Å². The maximum atomic E-state index is 13.6. The van der Waals surface area contributed by atoms with E-state index in [1.54, 1.807) is 4.98 Å². The Morgan fingerprint density at radius 2 is 1.96 bits per heavy atom. The van der Waals surface area contributed by atoms with Crippen molar-refractivity contribution in [3.8, 4) is 0 Å². The van der Waals surface area contributed by atoms with Gasteiger partial charge in [-0.2, -0.15) is 4.39 Å². The quantitative estimate of drug-likeness (QED) is 0.191. The standard InChI is InChI=1S/C9H11FIN2O9P/c10-3-6(11)13(9(17)12-7(3)16)8-5(15)4(14)2(22-8)1-21-23(18,19)20/h2,4-5,8,14-15H,1H2,(H,12,16,17)(H2,18,19,20)/t2-,4-,5-,8-/m1/s1. The average molecular weight is 468 g/mol. The molecule has 0 amide bonds. The first kappa shape index (κ1) is 18.7. The Hall–Kier alpha value is -0.670. The number of hydrogen-bond acceptors (Lipinski definition) is 7. The zero-order valence-electron chi connectivity index (χ0n) is 11.0. The topological polar surface area (TPSA) is 171 Å². The van der Waals surface area contributed by atoms with E-state index in [9.17, 15) is 28.8 Å². The van der Waals surface area contributed by atoms with Crippen molar-refractivity contribution in [3.05, 3.63) is 30.4 Å². The van der Waals surface area contributed by atoms with Crippen LogP contribution in [0.3, 0.4) is 0 Å². The number of phosphoric ester groups is 1. The lowest BCUT2D eigenvalue weighted by molar-refractivity contribution is -0.0560. The van der Waals surface area contributed by atoms with Crippen LogP contribution in [0.2, 0.25) is 0 Å². The van der Waals surface area contributed by atoms with Gasteiger partial charge in [0.25, 0.3) is 5.56 Å². The normalized spacial score (nSPS) is 28.3. The highest BCUT2D eigenvalue weighted by Crippen LogP contribution is 2.38. The number of aromatic nitrogens is 2. The van der Waals surface area contributed by atoms with Crippen LogP contribution >= 0.6 is 30.4 Å². The maximum Gasteiger partial charge on any atom is 0.469 e. The lowest BCUT2D eigenvalue weighted by Crippen LogP contribution is -2.40. The van der Waals surface area contributed by atoms with Crippen LogP contribution in [0, 0.1) is 9.52 Å². The van der Waals surface area contributed by atoms with Crippen molar-refractivity contribution in [1.29, 1.82) is 0 Å². The minimum absolute atomic E-state index is 0.468. The van der Waals surface area contributed by atoms with E-state index >= 15 is 0 Å². The molecule has 1 aromatic rings. The number of ether oxygens (including phenoxy) is 1. The number of phosphoric acid groups is 1. The molecule has 1 fully saturated rings. The van der Waals surface area contributed by atoms with Gasteiger partial charge in [-0.05, 0) is 22.6 Å². The van der Waals surface area contributed by atoms with Gasteiger partial charge in [0.05, 0.1) is 6.61 Å². The third kappa shape index (κ3) is 3.88. The Morgan fingerprint density at radius 3 is 2.52 bits per heavy atom. The van der Waals surface area contributed by atoms with Gasteiger partial charge in [-0.3, -0.25) is 18.9 Å². The lowest BCUT2D eigenvalue weighted by atomic mass is 10.1. The Bertz CT molecular complexity index is 760. The Kier molecular flexibility index (Phi) is 5.42. The molecule has 1 aromatic heterocycles. The van der Waals surface area contributed by atoms with Crippen LogP contribution in [0.25, 0.3) is 0 Å². The number of aromatic amines is 1. The van der Waals surface area contributed by atoms with E-state index in [1.807, 2.05) is 0 Å². The molecule has 0 unspecified atom stereocenters. The van der Waals surface area contributed by atoms with Crippen LogP contribution in [0.15, 0.2) is 9.59 Å². The van der Waals surface area contributed by atoms with E-state index in [0.717, 1.165) is 0 Å². The second-order valence-electron chi connectivity index (χ2n) is 4.57. The monoisotopic (exact) mass is 468 g/mol. The third-order valence-electron chi connectivity index (χ3n) is 3.03. The van der Waals surface area contributed by atoms with Gasteiger partial charge in [0.2, 0.25) is 5.82 Å². The Morgan fingerprint density at radius 1 is 1.35 bits per heavy atom. The molecule has 5 N–H and O–H groups in total. The van der Waals surface area contributed by atoms with Gasteiger partial charge in [0.1, 0.15) is 22.0 Å². The maximum absolute atomic E-state index is 13.6. The summed E-state index contributed by atoms with van der Waals surface area (Å²) in [6, 6.07) is 0. The Balaban J connectivity index is 2.32. The average Bonchev–Trinajstić information content (AvgIpc) is 2.70. The number of aliphatic hydroxyl groups is 2. The molecular formula is C9H11FIN2O9P. The SMILES string of the molecule is O=c1[nH]c(=O)n([C@@H]2O[C@H](COP(=O)(O)O)[C@@H](O)[C@H]2O)c(I)c1F. The van der Waals surface area contributed by atoms with Crippen LogP contribution < -0.4 is 11.2 Å². The fourth-order valence-electron chi connectivity index (χ4n) is 1.98. The van der Waals surface area contributed by atoms with Gasteiger partial charge < -0.3 is 24.7 Å². The fraction of sp³-hybridized carbons (Fsp3) is 0.556. The van der Waals surface area contributed by atoms with Crippen LogP contribution in [-0.4, -0.2) is 54.5 Å². The van der Waals surface area contributed by atoms with E-state index < -0.39 is 59.7 Å². The first-order valence-corrected chi connectivity index (χ1v) is 8.55. The van der Waals surface area contributed by atoms with E-state index in [4.69, 9.17) is 14.5 Å². The van der Waals surface area contributed by atoms with Crippen molar-refractivity contribution in [3.63, 3.8) is 0 Å². The molecule has 23 heavy (non-hydrogen) atoms. The summed E-state index contributed by atoms with van der Waals surface area (Å²) in [5.74, 6) is -1.29. The molecule has 2 heterocycles. The minimum atomic E-state index is -4.84. The molecule has 4 atom stereocenters. The van der Waals surface area contributed by atoms with Crippen molar-refractivity contribution in [1.82, 2.24) is 9.55 Å². The van der Waals surface area contributed by atoms with Gasteiger partial charge in [-0.25, -0.2) is 9.36 Å². The van der Waals surface area contributed by atoms with Crippen LogP contribution in [0.1, 0.15) is 6.23 Å². The predicted octanol–water partition coefficient (Wildman–Crippen LogP) is -1.99. The van der Waals surface area contributed by atoms with Crippen molar-refractivity contribution in [2.75, 3.05) is 6.61 Å². The van der Waals surface area contributed by atoms with Crippen molar-refractivity contribution in [2.45, 2.75) is 24.5 Å². The molecule has 2 rings (SSSR count). The largest absolute Gasteiger partial charge is 0.469 e. The molecule has 14 heteroatoms. The number of aliphatic hydroxyl groups excluding tert-OH is 2. The van der Waals surface area contributed by atoms with Gasteiger partial charge >= 0.3 is 13.5 Å². The Labute approximate surface area is 140 Å². The summed E-state index contributed by atoms with van der Waals surface area (Å²) in [5.41, 5.74) is -2.35. The molecule has 130 valence electrons. The molecule has 0 radical (unpaired) electrons. The molecule has 0 spiro atoms. The number of rotatable bonds is 4. The highest BCUT2D eigenvalue weighted by molar-refractivity contribution is 14.1. The molecule has 0 saturated carbocycles. The zero-order chi connectivity index (χ0) is 17.5. The van der Waals surface area contributed by atoms with Crippen LogP contribution in [0.4, 0.5) is 4.39 Å². The highest BCUT2D eigenvalue weighted by Gasteiger charge is 2.45. The highest BCUT2D eigenvalue weighted by atomic mass is 127. The first-order chi connectivity index (χ1) is 10.5. The van der Waals surface area contributed by atoms with Crippen molar-refractivity contribution >= 4 is 30.4 Å². The van der Waals surface area contributed by atoms with Crippen LogP contribution in [-0.2, 0) is 13.8 Å². The second-order valence-corrected chi connectivity index (χ2v) is 6.83. The number of halogens is 2. The van der Waals surface area contributed by atoms with Gasteiger partial charge in [0, 0.05) is 0 Å². The van der Waals surface area contributed by atoms with Gasteiger partial charge in [-0.15, -0.1) is 0 Å². The summed E-state index contributed by atoms with van der Waals surface area (Å²) in [6.07, 6.45) is -6.36. The summed E-state index contributed by atoms with van der Waals surface area (Å²) < 4.78 is 33.7. The third-order valence-corrected chi connectivity index (χ3v) is 4.51. The van der Waals surface area contributed by atoms with Gasteiger partial charge in [-0.1, -0.05) is 0 Å². The summed E-state index contributed by atoms with van der Waals surface area (Å²) in [4.78, 5) is 41.8. The fourth-order valence-corrected chi connectivity index (χ4v) is 3.06. The molecule has 0 aromatic carbocycles. The summed E-state index contributed by atoms with van der Waals surface area (Å²) in [7, 11) is -4.84.